The van der Waals surface area contributed by atoms with Crippen molar-refractivity contribution in [3.8, 4) is 0 Å². The summed E-state index contributed by atoms with van der Waals surface area (Å²) in [6.07, 6.45) is 2.45. The molecule has 0 saturated heterocycles. The van der Waals surface area contributed by atoms with Crippen molar-refractivity contribution in [3.05, 3.63) is 41.4 Å². The quantitative estimate of drug-likeness (QED) is 0.501. The van der Waals surface area contributed by atoms with E-state index in [-0.39, 0.29) is 0 Å². The van der Waals surface area contributed by atoms with Gasteiger partial charge in [0.25, 0.3) is 0 Å². The van der Waals surface area contributed by atoms with Gasteiger partial charge in [0.05, 0.1) is 10.2 Å². The maximum absolute atomic E-state index is 4.70. The van der Waals surface area contributed by atoms with E-state index < -0.39 is 0 Å². The molecular formula is C18H17N5S. The zero-order chi connectivity index (χ0) is 16.1. The number of nitrogens with zero attached hydrogens (tertiary/aromatic N) is 2. The van der Waals surface area contributed by atoms with E-state index in [0.29, 0.717) is 12.0 Å². The molecule has 1 fully saturated rings. The summed E-state index contributed by atoms with van der Waals surface area (Å²) in [6, 6.07) is 11.0. The van der Waals surface area contributed by atoms with Crippen molar-refractivity contribution in [3.63, 3.8) is 0 Å². The lowest BCUT2D eigenvalue weighted by atomic mass is 10.2. The van der Waals surface area contributed by atoms with Gasteiger partial charge in [-0.05, 0) is 55.5 Å². The number of aromatic nitrogens is 3. The van der Waals surface area contributed by atoms with Crippen LogP contribution in [0.3, 0.4) is 0 Å². The monoisotopic (exact) mass is 335 g/mol. The Morgan fingerprint density at radius 2 is 2.08 bits per heavy atom. The van der Waals surface area contributed by atoms with Gasteiger partial charge in [-0.1, -0.05) is 0 Å². The number of aromatic amines is 1. The van der Waals surface area contributed by atoms with Gasteiger partial charge < -0.3 is 15.6 Å². The van der Waals surface area contributed by atoms with Crippen molar-refractivity contribution in [2.45, 2.75) is 25.8 Å². The van der Waals surface area contributed by atoms with Crippen LogP contribution in [0.1, 0.15) is 18.5 Å². The number of hydrogen-bond acceptors (Lipinski definition) is 5. The molecule has 3 aromatic heterocycles. The number of benzene rings is 1. The lowest BCUT2D eigenvalue weighted by Gasteiger charge is -2.09. The molecule has 3 heterocycles. The van der Waals surface area contributed by atoms with Crippen LogP contribution in [0.25, 0.3) is 21.1 Å². The third-order valence-corrected chi connectivity index (χ3v) is 5.14. The van der Waals surface area contributed by atoms with Gasteiger partial charge in [-0.2, -0.15) is 4.98 Å². The van der Waals surface area contributed by atoms with Gasteiger partial charge in [0.15, 0.2) is 0 Å². The molecule has 1 aliphatic carbocycles. The highest BCUT2D eigenvalue weighted by Crippen LogP contribution is 2.32. The fraction of sp³-hybridized carbons (Fsp3) is 0.222. The summed E-state index contributed by atoms with van der Waals surface area (Å²) in [7, 11) is 0. The maximum atomic E-state index is 4.70. The minimum atomic E-state index is 0.567. The Morgan fingerprint density at radius 3 is 2.96 bits per heavy atom. The summed E-state index contributed by atoms with van der Waals surface area (Å²) in [6.45, 7) is 2.07. The normalized spacial score (nSPS) is 14.4. The van der Waals surface area contributed by atoms with Crippen LogP contribution in [0, 0.1) is 6.92 Å². The van der Waals surface area contributed by atoms with Crippen molar-refractivity contribution in [2.24, 2.45) is 0 Å². The molecule has 6 heteroatoms. The number of H-pyrrole nitrogens is 1. The van der Waals surface area contributed by atoms with Crippen LogP contribution in [-0.2, 0) is 0 Å². The van der Waals surface area contributed by atoms with Gasteiger partial charge in [-0.3, -0.25) is 0 Å². The van der Waals surface area contributed by atoms with Crippen LogP contribution in [0.15, 0.2) is 35.7 Å². The molecule has 0 radical (unpaired) electrons. The fourth-order valence-corrected chi connectivity index (χ4v) is 3.71. The topological polar surface area (TPSA) is 65.6 Å². The average molecular weight is 335 g/mol. The molecule has 4 aromatic rings. The molecule has 1 saturated carbocycles. The molecular weight excluding hydrogens is 318 g/mol. The molecule has 0 unspecified atom stereocenters. The molecule has 0 bridgehead atoms. The molecule has 0 atom stereocenters. The van der Waals surface area contributed by atoms with Crippen LogP contribution in [0.5, 0.6) is 0 Å². The van der Waals surface area contributed by atoms with Crippen LogP contribution in [0.4, 0.5) is 17.5 Å². The molecule has 5 rings (SSSR count). The highest BCUT2D eigenvalue weighted by Gasteiger charge is 2.23. The number of hydrogen-bond donors (Lipinski definition) is 3. The summed E-state index contributed by atoms with van der Waals surface area (Å²) in [4.78, 5) is 12.7. The molecule has 0 aliphatic heterocycles. The average Bonchev–Trinajstić information content (AvgIpc) is 3.10. The van der Waals surface area contributed by atoms with E-state index in [2.05, 4.69) is 51.1 Å². The first kappa shape index (κ1) is 13.8. The Morgan fingerprint density at radius 1 is 1.17 bits per heavy atom. The third kappa shape index (κ3) is 2.49. The number of rotatable bonds is 4. The van der Waals surface area contributed by atoms with Gasteiger partial charge in [0, 0.05) is 28.3 Å². The van der Waals surface area contributed by atoms with Gasteiger partial charge in [-0.15, -0.1) is 11.3 Å². The van der Waals surface area contributed by atoms with Crippen molar-refractivity contribution < 1.29 is 0 Å². The molecule has 0 spiro atoms. The second-order valence-corrected chi connectivity index (χ2v) is 7.24. The number of aryl methyl sites for hydroxylation is 1. The number of anilines is 3. The SMILES string of the molecule is Cc1cc2cc(Nc3nc(NC4CC4)c4sccc4n3)ccc2[nH]1. The third-order valence-electron chi connectivity index (χ3n) is 4.23. The first-order chi connectivity index (χ1) is 11.7. The molecule has 0 amide bonds. The van der Waals surface area contributed by atoms with Crippen molar-refractivity contribution in [1.82, 2.24) is 15.0 Å². The van der Waals surface area contributed by atoms with E-state index in [1.807, 2.05) is 12.1 Å². The van der Waals surface area contributed by atoms with Crippen molar-refractivity contribution in [2.75, 3.05) is 10.6 Å². The summed E-state index contributed by atoms with van der Waals surface area (Å²) < 4.78 is 1.13. The summed E-state index contributed by atoms with van der Waals surface area (Å²) in [5.74, 6) is 1.58. The molecule has 1 aliphatic rings. The highest BCUT2D eigenvalue weighted by atomic mass is 32.1. The fourth-order valence-electron chi connectivity index (χ4n) is 2.92. The Hall–Kier alpha value is -2.60. The van der Waals surface area contributed by atoms with Crippen LogP contribution >= 0.6 is 11.3 Å². The second-order valence-electron chi connectivity index (χ2n) is 6.33. The van der Waals surface area contributed by atoms with Crippen molar-refractivity contribution >= 4 is 49.9 Å². The van der Waals surface area contributed by atoms with Crippen LogP contribution in [-0.4, -0.2) is 21.0 Å². The van der Waals surface area contributed by atoms with E-state index in [1.165, 1.54) is 18.2 Å². The smallest absolute Gasteiger partial charge is 0.229 e. The van der Waals surface area contributed by atoms with E-state index in [1.54, 1.807) is 11.3 Å². The molecule has 3 N–H and O–H groups in total. The number of fused-ring (bicyclic) bond motifs is 2. The zero-order valence-corrected chi connectivity index (χ0v) is 14.1. The number of thiophene rings is 1. The van der Waals surface area contributed by atoms with Gasteiger partial charge >= 0.3 is 0 Å². The van der Waals surface area contributed by atoms with Gasteiger partial charge in [0.1, 0.15) is 5.82 Å². The minimum absolute atomic E-state index is 0.567. The zero-order valence-electron chi connectivity index (χ0n) is 13.3. The molecule has 5 nitrogen and oxygen atoms in total. The second kappa shape index (κ2) is 5.21. The van der Waals surface area contributed by atoms with Gasteiger partial charge in [0.2, 0.25) is 5.95 Å². The maximum Gasteiger partial charge on any atom is 0.229 e. The number of nitrogens with one attached hydrogen (secondary N) is 3. The largest absolute Gasteiger partial charge is 0.366 e. The predicted molar refractivity (Wildman–Crippen MR) is 100 cm³/mol. The van der Waals surface area contributed by atoms with Crippen molar-refractivity contribution in [1.29, 1.82) is 0 Å². The molecule has 24 heavy (non-hydrogen) atoms. The Balaban J connectivity index is 1.52. The molecule has 120 valence electrons. The van der Waals surface area contributed by atoms with E-state index in [9.17, 15) is 0 Å². The highest BCUT2D eigenvalue weighted by molar-refractivity contribution is 7.17. The first-order valence-corrected chi connectivity index (χ1v) is 9.01. The standard InChI is InChI=1S/C18H17N5S/c1-10-8-11-9-13(4-5-14(11)19-10)21-18-22-15-6-7-24-16(15)17(23-18)20-12-2-3-12/h4-9,12,19H,2-3H2,1H3,(H2,20,21,22,23). The van der Waals surface area contributed by atoms with E-state index in [0.717, 1.165) is 32.9 Å². The summed E-state index contributed by atoms with van der Waals surface area (Å²) in [5, 5.41) is 10.1. The van der Waals surface area contributed by atoms with Crippen LogP contribution < -0.4 is 10.6 Å². The lowest BCUT2D eigenvalue weighted by molar-refractivity contribution is 1.11. The van der Waals surface area contributed by atoms with E-state index in [4.69, 9.17) is 4.98 Å². The Kier molecular flexibility index (Phi) is 2.99. The van der Waals surface area contributed by atoms with Crippen LogP contribution in [0.2, 0.25) is 0 Å². The Labute approximate surface area is 143 Å². The summed E-state index contributed by atoms with van der Waals surface area (Å²) in [5.41, 5.74) is 4.28. The van der Waals surface area contributed by atoms with Gasteiger partial charge in [-0.25, -0.2) is 4.98 Å². The first-order valence-electron chi connectivity index (χ1n) is 8.13. The summed E-state index contributed by atoms with van der Waals surface area (Å²) >= 11 is 1.68. The minimum Gasteiger partial charge on any atom is -0.366 e. The molecule has 1 aromatic carbocycles. The Bertz CT molecular complexity index is 1040. The predicted octanol–water partition coefficient (Wildman–Crippen LogP) is 4.80. The lowest BCUT2D eigenvalue weighted by Crippen LogP contribution is -2.06. The van der Waals surface area contributed by atoms with E-state index >= 15 is 0 Å².